The van der Waals surface area contributed by atoms with Gasteiger partial charge in [-0.05, 0) is 76.0 Å². The van der Waals surface area contributed by atoms with Crippen LogP contribution in [0, 0.1) is 5.92 Å². The van der Waals surface area contributed by atoms with Gasteiger partial charge in [-0.25, -0.2) is 0 Å². The number of halogens is 9. The van der Waals surface area contributed by atoms with Crippen LogP contribution >= 0.6 is 0 Å². The highest BCUT2D eigenvalue weighted by molar-refractivity contribution is 5.77. The van der Waals surface area contributed by atoms with E-state index in [1.165, 1.54) is 6.07 Å². The first-order chi connectivity index (χ1) is 19.7. The van der Waals surface area contributed by atoms with E-state index in [0.29, 0.717) is 49.9 Å². The molecule has 0 aromatic heterocycles. The summed E-state index contributed by atoms with van der Waals surface area (Å²) in [7, 11) is 1.75. The predicted molar refractivity (Wildman–Crippen MR) is 135 cm³/mol. The maximum Gasteiger partial charge on any atom is 0.423 e. The van der Waals surface area contributed by atoms with Gasteiger partial charge in [0.05, 0.1) is 11.5 Å². The lowest BCUT2D eigenvalue weighted by Gasteiger charge is -2.45. The third-order valence-electron chi connectivity index (χ3n) is 8.35. The van der Waals surface area contributed by atoms with Crippen LogP contribution in [0.25, 0.3) is 0 Å². The quantitative estimate of drug-likeness (QED) is 0.371. The fraction of sp³-hybridized carbons (Fsp3) is 0.704. The summed E-state index contributed by atoms with van der Waals surface area (Å²) in [6.45, 7) is 1.78. The molecular formula is C27H34F9N3O4. The number of rotatable bonds is 9. The third-order valence-corrected chi connectivity index (χ3v) is 8.35. The number of ether oxygens (including phenoxy) is 1. The first kappa shape index (κ1) is 34.9. The van der Waals surface area contributed by atoms with Gasteiger partial charge in [0, 0.05) is 31.7 Å². The summed E-state index contributed by atoms with van der Waals surface area (Å²) in [6.07, 6.45) is -18.7. The molecule has 2 fully saturated rings. The third kappa shape index (κ3) is 9.20. The van der Waals surface area contributed by atoms with Gasteiger partial charge in [-0.15, -0.1) is 0 Å². The molecule has 2 saturated heterocycles. The van der Waals surface area contributed by atoms with Crippen LogP contribution in [0.4, 0.5) is 39.5 Å². The Morgan fingerprint density at radius 3 is 2.02 bits per heavy atom. The molecule has 1 N–H and O–H groups in total. The summed E-state index contributed by atoms with van der Waals surface area (Å²) >= 11 is 0. The van der Waals surface area contributed by atoms with Crippen LogP contribution in [0.1, 0.15) is 49.3 Å². The Bertz CT molecular complexity index is 1110. The zero-order chi connectivity index (χ0) is 32.4. The van der Waals surface area contributed by atoms with Crippen LogP contribution in [0.3, 0.4) is 0 Å². The standard InChI is InChI=1S/C27H34F9N3O4/c1-24(7-11-39(12-8-24)21(40)16-43-23(26(31,32)33)27(34,35)36)37(2)14-18-3-4-20(25(28,29)30)13-19(18)15-38-9-5-17(6-10-38)22(41)42/h3-4,13,17,23H,5-12,14-16H2,1-2H3,(H,41,42). The molecule has 43 heavy (non-hydrogen) atoms. The fourth-order valence-corrected chi connectivity index (χ4v) is 5.37. The van der Waals surface area contributed by atoms with Gasteiger partial charge in [0.15, 0.2) is 0 Å². The Labute approximate surface area is 242 Å². The first-order valence-electron chi connectivity index (χ1n) is 13.6. The Morgan fingerprint density at radius 2 is 1.53 bits per heavy atom. The summed E-state index contributed by atoms with van der Waals surface area (Å²) in [5.41, 5.74) is -0.340. The van der Waals surface area contributed by atoms with Crippen molar-refractivity contribution in [3.63, 3.8) is 0 Å². The molecule has 0 unspecified atom stereocenters. The molecule has 0 spiro atoms. The van der Waals surface area contributed by atoms with E-state index in [1.807, 2.05) is 16.7 Å². The summed E-state index contributed by atoms with van der Waals surface area (Å²) in [6, 6.07) is 3.48. The highest BCUT2D eigenvalue weighted by Gasteiger charge is 2.58. The smallest absolute Gasteiger partial charge is 0.423 e. The van der Waals surface area contributed by atoms with Gasteiger partial charge in [-0.1, -0.05) is 6.07 Å². The molecule has 1 aromatic rings. The van der Waals surface area contributed by atoms with Gasteiger partial charge in [0.2, 0.25) is 12.0 Å². The number of benzene rings is 1. The van der Waals surface area contributed by atoms with E-state index in [0.717, 1.165) is 17.0 Å². The molecule has 0 radical (unpaired) electrons. The summed E-state index contributed by atoms with van der Waals surface area (Å²) in [5.74, 6) is -2.41. The molecule has 0 saturated carbocycles. The molecular weight excluding hydrogens is 601 g/mol. The SMILES string of the molecule is CN(Cc1ccc(C(F)(F)F)cc1CN1CCC(C(=O)O)CC1)C1(C)CCN(C(=O)COC(C(F)(F)F)C(F)(F)F)CC1. The molecule has 0 aliphatic carbocycles. The van der Waals surface area contributed by atoms with Crippen molar-refractivity contribution in [1.29, 1.82) is 0 Å². The Kier molecular flexibility index (Phi) is 10.7. The van der Waals surface area contributed by atoms with Crippen LogP contribution in [-0.2, 0) is 33.6 Å². The zero-order valence-corrected chi connectivity index (χ0v) is 23.6. The molecule has 2 aliphatic heterocycles. The lowest BCUT2D eigenvalue weighted by Crippen LogP contribution is -2.54. The van der Waals surface area contributed by atoms with Crippen molar-refractivity contribution >= 4 is 11.9 Å². The van der Waals surface area contributed by atoms with E-state index in [4.69, 9.17) is 0 Å². The largest absolute Gasteiger partial charge is 0.481 e. The average Bonchev–Trinajstić information content (AvgIpc) is 2.88. The van der Waals surface area contributed by atoms with Gasteiger partial charge in [-0.3, -0.25) is 19.4 Å². The van der Waals surface area contributed by atoms with E-state index in [1.54, 1.807) is 7.05 Å². The monoisotopic (exact) mass is 635 g/mol. The van der Waals surface area contributed by atoms with Crippen molar-refractivity contribution in [2.24, 2.45) is 5.92 Å². The van der Waals surface area contributed by atoms with Crippen LogP contribution in [0.15, 0.2) is 18.2 Å². The molecule has 1 aromatic carbocycles. The number of hydrogen-bond acceptors (Lipinski definition) is 5. The molecule has 2 heterocycles. The van der Waals surface area contributed by atoms with Crippen molar-refractivity contribution in [2.45, 2.75) is 75.9 Å². The van der Waals surface area contributed by atoms with Crippen molar-refractivity contribution in [2.75, 3.05) is 39.8 Å². The minimum atomic E-state index is -5.73. The first-order valence-corrected chi connectivity index (χ1v) is 13.6. The van der Waals surface area contributed by atoms with Gasteiger partial charge >= 0.3 is 24.5 Å². The van der Waals surface area contributed by atoms with E-state index >= 15 is 0 Å². The second-order valence-electron chi connectivity index (χ2n) is 11.4. The minimum absolute atomic E-state index is 0.0319. The number of carbonyl (C=O) groups excluding carboxylic acids is 1. The lowest BCUT2D eigenvalue weighted by atomic mass is 9.87. The molecule has 0 atom stereocenters. The number of alkyl halides is 9. The van der Waals surface area contributed by atoms with E-state index in [9.17, 15) is 54.2 Å². The summed E-state index contributed by atoms with van der Waals surface area (Å²) in [4.78, 5) is 28.6. The topological polar surface area (TPSA) is 73.3 Å². The molecule has 16 heteroatoms. The molecule has 7 nitrogen and oxygen atoms in total. The van der Waals surface area contributed by atoms with Crippen LogP contribution in [-0.4, -0.2) is 95.5 Å². The number of hydrogen-bond donors (Lipinski definition) is 1. The highest BCUT2D eigenvalue weighted by atomic mass is 19.4. The van der Waals surface area contributed by atoms with Crippen molar-refractivity contribution < 1.29 is 58.9 Å². The Balaban J connectivity index is 1.65. The number of amides is 1. The molecule has 2 aliphatic rings. The van der Waals surface area contributed by atoms with Gasteiger partial charge in [0.1, 0.15) is 6.61 Å². The second-order valence-corrected chi connectivity index (χ2v) is 11.4. The van der Waals surface area contributed by atoms with Crippen molar-refractivity contribution in [3.05, 3.63) is 34.9 Å². The Hall–Kier alpha value is -2.59. The number of aliphatic carboxylic acids is 1. The fourth-order valence-electron chi connectivity index (χ4n) is 5.37. The summed E-state index contributed by atoms with van der Waals surface area (Å²) < 4.78 is 121. The average molecular weight is 636 g/mol. The number of nitrogens with zero attached hydrogens (tertiary/aromatic N) is 3. The second kappa shape index (κ2) is 13.2. The molecule has 1 amide bonds. The Morgan fingerprint density at radius 1 is 0.977 bits per heavy atom. The van der Waals surface area contributed by atoms with E-state index in [-0.39, 0.29) is 26.2 Å². The van der Waals surface area contributed by atoms with Crippen molar-refractivity contribution in [3.8, 4) is 0 Å². The normalized spacial score (nSPS) is 19.3. The number of piperidine rings is 2. The van der Waals surface area contributed by atoms with Crippen molar-refractivity contribution in [1.82, 2.24) is 14.7 Å². The summed E-state index contributed by atoms with van der Waals surface area (Å²) in [5, 5.41) is 9.23. The number of carboxylic acid groups (broad SMARTS) is 1. The van der Waals surface area contributed by atoms with Gasteiger partial charge in [-0.2, -0.15) is 39.5 Å². The number of carboxylic acids is 1. The molecule has 3 rings (SSSR count). The maximum absolute atomic E-state index is 13.5. The van der Waals surface area contributed by atoms with Gasteiger partial charge in [0.25, 0.3) is 0 Å². The molecule has 244 valence electrons. The molecule has 0 bridgehead atoms. The zero-order valence-electron chi connectivity index (χ0n) is 23.6. The van der Waals surface area contributed by atoms with Crippen LogP contribution < -0.4 is 0 Å². The minimum Gasteiger partial charge on any atom is -0.481 e. The maximum atomic E-state index is 13.5. The van der Waals surface area contributed by atoms with Crippen LogP contribution in [0.5, 0.6) is 0 Å². The van der Waals surface area contributed by atoms with Gasteiger partial charge < -0.3 is 14.7 Å². The lowest BCUT2D eigenvalue weighted by molar-refractivity contribution is -0.320. The van der Waals surface area contributed by atoms with E-state index < -0.39 is 60.1 Å². The highest BCUT2D eigenvalue weighted by Crippen LogP contribution is 2.36. The predicted octanol–water partition coefficient (Wildman–Crippen LogP) is 5.32. The number of likely N-dealkylation sites (tertiary alicyclic amines) is 2. The number of carbonyl (C=O) groups is 2. The van der Waals surface area contributed by atoms with E-state index in [2.05, 4.69) is 4.74 Å². The van der Waals surface area contributed by atoms with Crippen LogP contribution in [0.2, 0.25) is 0 Å².